The van der Waals surface area contributed by atoms with Crippen LogP contribution in [0.1, 0.15) is 33.1 Å². The van der Waals surface area contributed by atoms with Crippen LogP contribution in [0.15, 0.2) is 24.3 Å². The number of allylic oxidation sites excluding steroid dienone is 4. The predicted octanol–water partition coefficient (Wildman–Crippen LogP) is 3.12. The Hall–Kier alpha value is -0.850. The van der Waals surface area contributed by atoms with E-state index in [9.17, 15) is 4.79 Å². The first-order chi connectivity index (χ1) is 5.81. The zero-order valence-corrected chi connectivity index (χ0v) is 7.99. The van der Waals surface area contributed by atoms with Gasteiger partial charge in [-0.1, -0.05) is 38.2 Å². The highest BCUT2D eigenvalue weighted by atomic mass is 16.1. The van der Waals surface area contributed by atoms with E-state index in [2.05, 4.69) is 32.1 Å². The number of hydrogen-bond acceptors (Lipinski definition) is 1. The third-order valence-electron chi connectivity index (χ3n) is 1.61. The molecule has 12 heavy (non-hydrogen) atoms. The van der Waals surface area contributed by atoms with Crippen LogP contribution in [0.25, 0.3) is 0 Å². The van der Waals surface area contributed by atoms with Crippen LogP contribution >= 0.6 is 0 Å². The van der Waals surface area contributed by atoms with Crippen molar-refractivity contribution >= 4 is 6.29 Å². The SMILES string of the molecule is CC/C=C/CC(C)/C=C/CC=O. The standard InChI is InChI=1S/C11H18O/c1-3-4-5-8-11(2)9-6-7-10-12/h4-6,9-11H,3,7-8H2,1-2H3/b5-4+,9-6+. The average Bonchev–Trinajstić information content (AvgIpc) is 2.06. The molecule has 0 aliphatic rings. The van der Waals surface area contributed by atoms with E-state index in [1.165, 1.54) is 0 Å². The molecular formula is C11H18O. The van der Waals surface area contributed by atoms with Crippen LogP contribution in [0.2, 0.25) is 0 Å². The zero-order valence-electron chi connectivity index (χ0n) is 7.99. The number of hydrogen-bond donors (Lipinski definition) is 0. The van der Waals surface area contributed by atoms with Crippen molar-refractivity contribution in [2.75, 3.05) is 0 Å². The fraction of sp³-hybridized carbons (Fsp3) is 0.545. The molecule has 0 saturated carbocycles. The summed E-state index contributed by atoms with van der Waals surface area (Å²) in [5.74, 6) is 0.549. The van der Waals surface area contributed by atoms with Gasteiger partial charge in [-0.25, -0.2) is 0 Å². The van der Waals surface area contributed by atoms with E-state index in [4.69, 9.17) is 0 Å². The maximum atomic E-state index is 9.98. The highest BCUT2D eigenvalue weighted by Gasteiger charge is 1.90. The third-order valence-corrected chi connectivity index (χ3v) is 1.61. The minimum absolute atomic E-state index is 0.543. The molecule has 0 radical (unpaired) electrons. The lowest BCUT2D eigenvalue weighted by molar-refractivity contribution is -0.107. The highest BCUT2D eigenvalue weighted by molar-refractivity contribution is 5.51. The van der Waals surface area contributed by atoms with Gasteiger partial charge in [0.15, 0.2) is 0 Å². The van der Waals surface area contributed by atoms with E-state index >= 15 is 0 Å². The second-order valence-corrected chi connectivity index (χ2v) is 2.92. The molecule has 1 nitrogen and oxygen atoms in total. The largest absolute Gasteiger partial charge is 0.303 e. The van der Waals surface area contributed by atoms with Crippen molar-refractivity contribution < 1.29 is 4.79 Å². The number of rotatable bonds is 6. The fourth-order valence-corrected chi connectivity index (χ4v) is 0.923. The summed E-state index contributed by atoms with van der Waals surface area (Å²) in [4.78, 5) is 9.98. The molecule has 1 unspecified atom stereocenters. The molecule has 0 aromatic rings. The first kappa shape index (κ1) is 11.2. The van der Waals surface area contributed by atoms with E-state index in [1.807, 2.05) is 6.08 Å². The van der Waals surface area contributed by atoms with E-state index in [-0.39, 0.29) is 0 Å². The van der Waals surface area contributed by atoms with Crippen molar-refractivity contribution in [2.24, 2.45) is 5.92 Å². The first-order valence-corrected chi connectivity index (χ1v) is 4.56. The Morgan fingerprint density at radius 3 is 2.58 bits per heavy atom. The van der Waals surface area contributed by atoms with Gasteiger partial charge in [0.05, 0.1) is 0 Å². The second kappa shape index (κ2) is 8.25. The molecule has 0 amide bonds. The molecule has 0 aliphatic carbocycles. The Kier molecular flexibility index (Phi) is 7.66. The second-order valence-electron chi connectivity index (χ2n) is 2.92. The third kappa shape index (κ3) is 7.26. The summed E-state index contributed by atoms with van der Waals surface area (Å²) < 4.78 is 0. The van der Waals surface area contributed by atoms with Gasteiger partial charge in [-0.15, -0.1) is 0 Å². The van der Waals surface area contributed by atoms with Gasteiger partial charge in [-0.3, -0.25) is 0 Å². The van der Waals surface area contributed by atoms with Crippen LogP contribution in [-0.4, -0.2) is 6.29 Å². The summed E-state index contributed by atoms with van der Waals surface area (Å²) in [6.07, 6.45) is 12.0. The van der Waals surface area contributed by atoms with E-state index in [0.717, 1.165) is 19.1 Å². The molecule has 0 rings (SSSR count). The molecule has 0 aromatic heterocycles. The molecule has 0 N–H and O–H groups in total. The maximum absolute atomic E-state index is 9.98. The molecular weight excluding hydrogens is 148 g/mol. The van der Waals surface area contributed by atoms with Gasteiger partial charge in [0.1, 0.15) is 6.29 Å². The van der Waals surface area contributed by atoms with Crippen LogP contribution < -0.4 is 0 Å². The van der Waals surface area contributed by atoms with Crippen molar-refractivity contribution in [1.82, 2.24) is 0 Å². The van der Waals surface area contributed by atoms with Gasteiger partial charge in [-0.05, 0) is 18.8 Å². The average molecular weight is 166 g/mol. The summed E-state index contributed by atoms with van der Waals surface area (Å²) in [7, 11) is 0. The normalized spacial score (nSPS) is 14.2. The molecule has 0 saturated heterocycles. The molecule has 68 valence electrons. The molecule has 0 spiro atoms. The molecule has 0 fully saturated rings. The Morgan fingerprint density at radius 1 is 1.25 bits per heavy atom. The van der Waals surface area contributed by atoms with Gasteiger partial charge < -0.3 is 4.79 Å². The molecule has 0 heterocycles. The van der Waals surface area contributed by atoms with Crippen molar-refractivity contribution in [3.8, 4) is 0 Å². The maximum Gasteiger partial charge on any atom is 0.123 e. The number of carbonyl (C=O) groups is 1. The smallest absolute Gasteiger partial charge is 0.123 e. The van der Waals surface area contributed by atoms with E-state index in [1.54, 1.807) is 0 Å². The van der Waals surface area contributed by atoms with Gasteiger partial charge in [0.25, 0.3) is 0 Å². The molecule has 0 aliphatic heterocycles. The van der Waals surface area contributed by atoms with Crippen molar-refractivity contribution in [3.05, 3.63) is 24.3 Å². The minimum Gasteiger partial charge on any atom is -0.303 e. The summed E-state index contributed by atoms with van der Waals surface area (Å²) in [6.45, 7) is 4.28. The summed E-state index contributed by atoms with van der Waals surface area (Å²) in [5.41, 5.74) is 0. The quantitative estimate of drug-likeness (QED) is 0.437. The van der Waals surface area contributed by atoms with Gasteiger partial charge in [-0.2, -0.15) is 0 Å². The topological polar surface area (TPSA) is 17.1 Å². The van der Waals surface area contributed by atoms with Gasteiger partial charge >= 0.3 is 0 Å². The fourth-order valence-electron chi connectivity index (χ4n) is 0.923. The van der Waals surface area contributed by atoms with Gasteiger partial charge in [0.2, 0.25) is 0 Å². The summed E-state index contributed by atoms with van der Waals surface area (Å²) >= 11 is 0. The Bertz CT molecular complexity index is 156. The summed E-state index contributed by atoms with van der Waals surface area (Å²) in [5, 5.41) is 0. The van der Waals surface area contributed by atoms with Crippen LogP contribution in [0.3, 0.4) is 0 Å². The first-order valence-electron chi connectivity index (χ1n) is 4.56. The lowest BCUT2D eigenvalue weighted by atomic mass is 10.1. The van der Waals surface area contributed by atoms with E-state index < -0.39 is 0 Å². The minimum atomic E-state index is 0.543. The van der Waals surface area contributed by atoms with Crippen LogP contribution in [0.5, 0.6) is 0 Å². The van der Waals surface area contributed by atoms with Crippen LogP contribution in [0, 0.1) is 5.92 Å². The van der Waals surface area contributed by atoms with Crippen molar-refractivity contribution in [2.45, 2.75) is 33.1 Å². The zero-order chi connectivity index (χ0) is 9.23. The van der Waals surface area contributed by atoms with Crippen LogP contribution in [-0.2, 0) is 4.79 Å². The number of carbonyl (C=O) groups excluding carboxylic acids is 1. The monoisotopic (exact) mass is 166 g/mol. The highest BCUT2D eigenvalue weighted by Crippen LogP contribution is 2.05. The Morgan fingerprint density at radius 2 is 2.00 bits per heavy atom. The molecule has 1 atom stereocenters. The predicted molar refractivity (Wildman–Crippen MR) is 53.0 cm³/mol. The van der Waals surface area contributed by atoms with Gasteiger partial charge in [0, 0.05) is 6.42 Å². The molecule has 1 heteroatoms. The Labute approximate surface area is 75.2 Å². The molecule has 0 bridgehead atoms. The summed E-state index contributed by atoms with van der Waals surface area (Å²) in [6, 6.07) is 0. The van der Waals surface area contributed by atoms with Crippen molar-refractivity contribution in [1.29, 1.82) is 0 Å². The molecule has 0 aromatic carbocycles. The van der Waals surface area contributed by atoms with E-state index in [0.29, 0.717) is 12.3 Å². The lowest BCUT2D eigenvalue weighted by Crippen LogP contribution is -1.85. The van der Waals surface area contributed by atoms with Crippen LogP contribution in [0.4, 0.5) is 0 Å². The number of aldehydes is 1. The lowest BCUT2D eigenvalue weighted by Gasteiger charge is -1.99. The Balaban J connectivity index is 3.50. The van der Waals surface area contributed by atoms with Crippen molar-refractivity contribution in [3.63, 3.8) is 0 Å².